The molecule has 3 aromatic rings. The van der Waals surface area contributed by atoms with Crippen molar-refractivity contribution >= 4 is 32.4 Å². The minimum atomic E-state index is -3.71. The maximum Gasteiger partial charge on any atom is 0.257 e. The summed E-state index contributed by atoms with van der Waals surface area (Å²) in [6.07, 6.45) is 3.47. The van der Waals surface area contributed by atoms with E-state index in [4.69, 9.17) is 5.26 Å². The molecule has 3 rings (SSSR count). The van der Waals surface area contributed by atoms with Crippen LogP contribution in [0.4, 0.5) is 5.13 Å². The lowest BCUT2D eigenvalue weighted by molar-refractivity contribution is 0.102. The van der Waals surface area contributed by atoms with Crippen LogP contribution in [0, 0.1) is 11.3 Å². The van der Waals surface area contributed by atoms with Crippen molar-refractivity contribution in [2.75, 3.05) is 11.9 Å². The first kappa shape index (κ1) is 23.6. The van der Waals surface area contributed by atoms with Gasteiger partial charge in [0.1, 0.15) is 0 Å². The van der Waals surface area contributed by atoms with Crippen LogP contribution in [0.5, 0.6) is 0 Å². The van der Waals surface area contributed by atoms with Crippen molar-refractivity contribution in [3.05, 3.63) is 65.0 Å². The molecule has 166 valence electrons. The molecule has 0 saturated heterocycles. The number of benzene rings is 2. The van der Waals surface area contributed by atoms with E-state index in [1.165, 1.54) is 41.2 Å². The SMILES string of the molecule is CCCCc1ccc(-c2csc(NC(=O)c3ccc(S(=O)(=O)NCCC#N)cc3)n2)cc1. The molecule has 0 aliphatic carbocycles. The van der Waals surface area contributed by atoms with Crippen LogP contribution >= 0.6 is 11.3 Å². The van der Waals surface area contributed by atoms with E-state index in [1.807, 2.05) is 23.6 Å². The molecule has 9 heteroatoms. The van der Waals surface area contributed by atoms with Gasteiger partial charge in [-0.25, -0.2) is 18.1 Å². The van der Waals surface area contributed by atoms with Crippen LogP contribution in [0.3, 0.4) is 0 Å². The van der Waals surface area contributed by atoms with Crippen molar-refractivity contribution < 1.29 is 13.2 Å². The molecular weight excluding hydrogens is 444 g/mol. The predicted molar refractivity (Wildman–Crippen MR) is 126 cm³/mol. The van der Waals surface area contributed by atoms with Gasteiger partial charge in [-0.15, -0.1) is 11.3 Å². The molecular formula is C23H24N4O3S2. The fourth-order valence-corrected chi connectivity index (χ4v) is 4.71. The van der Waals surface area contributed by atoms with Gasteiger partial charge in [-0.05, 0) is 42.7 Å². The van der Waals surface area contributed by atoms with Crippen molar-refractivity contribution in [1.82, 2.24) is 9.71 Å². The molecule has 0 fully saturated rings. The zero-order valence-corrected chi connectivity index (χ0v) is 19.3. The van der Waals surface area contributed by atoms with Gasteiger partial charge in [0.25, 0.3) is 5.91 Å². The second kappa shape index (κ2) is 11.0. The van der Waals surface area contributed by atoms with Crippen LogP contribution in [0.1, 0.15) is 42.1 Å². The lowest BCUT2D eigenvalue weighted by Crippen LogP contribution is -2.24. The Balaban J connectivity index is 1.63. The zero-order chi connectivity index (χ0) is 23.0. The molecule has 1 aromatic heterocycles. The van der Waals surface area contributed by atoms with E-state index in [-0.39, 0.29) is 23.8 Å². The molecule has 0 spiro atoms. The van der Waals surface area contributed by atoms with Crippen molar-refractivity contribution in [3.8, 4) is 17.3 Å². The highest BCUT2D eigenvalue weighted by molar-refractivity contribution is 7.89. The maximum absolute atomic E-state index is 12.5. The van der Waals surface area contributed by atoms with Gasteiger partial charge in [0.2, 0.25) is 10.0 Å². The first-order chi connectivity index (χ1) is 15.4. The number of nitriles is 1. The number of sulfonamides is 1. The lowest BCUT2D eigenvalue weighted by atomic mass is 10.1. The number of hydrogen-bond donors (Lipinski definition) is 2. The Bertz CT molecular complexity index is 1200. The first-order valence-corrected chi connectivity index (χ1v) is 12.6. The molecule has 2 aromatic carbocycles. The largest absolute Gasteiger partial charge is 0.298 e. The van der Waals surface area contributed by atoms with E-state index in [0.29, 0.717) is 10.7 Å². The highest BCUT2D eigenvalue weighted by Crippen LogP contribution is 2.26. The Kier molecular flexibility index (Phi) is 8.11. The minimum absolute atomic E-state index is 0.0332. The van der Waals surface area contributed by atoms with Crippen molar-refractivity contribution in [2.45, 2.75) is 37.5 Å². The highest BCUT2D eigenvalue weighted by Gasteiger charge is 2.15. The number of amides is 1. The van der Waals surface area contributed by atoms with Gasteiger partial charge in [0, 0.05) is 29.5 Å². The second-order valence-electron chi connectivity index (χ2n) is 7.12. The number of carbonyl (C=O) groups is 1. The number of nitrogens with one attached hydrogen (secondary N) is 2. The summed E-state index contributed by atoms with van der Waals surface area (Å²) in [4.78, 5) is 17.1. The van der Waals surface area contributed by atoms with E-state index in [0.717, 1.165) is 30.5 Å². The lowest BCUT2D eigenvalue weighted by Gasteiger charge is -2.06. The number of rotatable bonds is 10. The maximum atomic E-state index is 12.5. The number of anilines is 1. The van der Waals surface area contributed by atoms with Crippen molar-refractivity contribution in [3.63, 3.8) is 0 Å². The molecule has 1 heterocycles. The topological polar surface area (TPSA) is 112 Å². The average Bonchev–Trinajstić information content (AvgIpc) is 3.26. The number of nitrogens with zero attached hydrogens (tertiary/aromatic N) is 2. The van der Waals surface area contributed by atoms with Gasteiger partial charge in [-0.2, -0.15) is 5.26 Å². The zero-order valence-electron chi connectivity index (χ0n) is 17.7. The standard InChI is InChI=1S/C23H24N4O3S2/c1-2-3-5-17-6-8-18(9-7-17)21-16-31-23(26-21)27-22(28)19-10-12-20(13-11-19)32(29,30)25-15-4-14-24/h6-13,16,25H,2-5,15H2,1H3,(H,26,27,28). The van der Waals surface area contributed by atoms with E-state index in [1.54, 1.807) is 0 Å². The van der Waals surface area contributed by atoms with E-state index in [2.05, 4.69) is 34.1 Å². The molecule has 32 heavy (non-hydrogen) atoms. The summed E-state index contributed by atoms with van der Waals surface area (Å²) >= 11 is 1.33. The smallest absolute Gasteiger partial charge is 0.257 e. The van der Waals surface area contributed by atoms with E-state index in [9.17, 15) is 13.2 Å². The Hall–Kier alpha value is -3.06. The van der Waals surface area contributed by atoms with Crippen LogP contribution < -0.4 is 10.0 Å². The highest BCUT2D eigenvalue weighted by atomic mass is 32.2. The van der Waals surface area contributed by atoms with E-state index >= 15 is 0 Å². The molecule has 0 atom stereocenters. The van der Waals surface area contributed by atoms with Crippen LogP contribution in [0.25, 0.3) is 11.3 Å². The third kappa shape index (κ3) is 6.23. The summed E-state index contributed by atoms with van der Waals surface area (Å²) in [5, 5.41) is 13.6. The Morgan fingerprint density at radius 1 is 1.12 bits per heavy atom. The van der Waals surface area contributed by atoms with E-state index < -0.39 is 10.0 Å². The number of hydrogen-bond acceptors (Lipinski definition) is 6. The number of aryl methyl sites for hydroxylation is 1. The van der Waals surface area contributed by atoms with Crippen LogP contribution in [0.2, 0.25) is 0 Å². The van der Waals surface area contributed by atoms with Gasteiger partial charge in [-0.1, -0.05) is 37.6 Å². The van der Waals surface area contributed by atoms with Gasteiger partial charge >= 0.3 is 0 Å². The average molecular weight is 469 g/mol. The summed E-state index contributed by atoms with van der Waals surface area (Å²) in [5.74, 6) is -0.373. The third-order valence-electron chi connectivity index (χ3n) is 4.75. The molecule has 0 unspecified atom stereocenters. The molecule has 0 saturated carbocycles. The number of aromatic nitrogens is 1. The van der Waals surface area contributed by atoms with Crippen LogP contribution in [-0.2, 0) is 16.4 Å². The van der Waals surface area contributed by atoms with Gasteiger partial charge in [0.15, 0.2) is 5.13 Å². The molecule has 0 aliphatic heterocycles. The quantitative estimate of drug-likeness (QED) is 0.423. The van der Waals surface area contributed by atoms with Gasteiger partial charge < -0.3 is 0 Å². The predicted octanol–water partition coefficient (Wildman–Crippen LogP) is 4.60. The van der Waals surface area contributed by atoms with Crippen LogP contribution in [0.15, 0.2) is 58.8 Å². The Morgan fingerprint density at radius 3 is 2.50 bits per heavy atom. The van der Waals surface area contributed by atoms with Crippen molar-refractivity contribution in [1.29, 1.82) is 5.26 Å². The van der Waals surface area contributed by atoms with Gasteiger partial charge in [0.05, 0.1) is 16.7 Å². The monoisotopic (exact) mass is 468 g/mol. The summed E-state index contributed by atoms with van der Waals surface area (Å²) in [7, 11) is -3.71. The number of carbonyl (C=O) groups excluding carboxylic acids is 1. The Morgan fingerprint density at radius 2 is 1.84 bits per heavy atom. The van der Waals surface area contributed by atoms with Crippen LogP contribution in [-0.4, -0.2) is 25.9 Å². The van der Waals surface area contributed by atoms with Crippen molar-refractivity contribution in [2.24, 2.45) is 0 Å². The first-order valence-electron chi connectivity index (χ1n) is 10.3. The number of thiazole rings is 1. The molecule has 0 radical (unpaired) electrons. The second-order valence-corrected chi connectivity index (χ2v) is 9.75. The summed E-state index contributed by atoms with van der Waals surface area (Å²) in [5.41, 5.74) is 3.39. The van der Waals surface area contributed by atoms with Gasteiger partial charge in [-0.3, -0.25) is 10.1 Å². The fourth-order valence-electron chi connectivity index (χ4n) is 2.97. The molecule has 2 N–H and O–H groups in total. The Labute approximate surface area is 192 Å². The molecule has 0 bridgehead atoms. The summed E-state index contributed by atoms with van der Waals surface area (Å²) in [6, 6.07) is 15.8. The molecule has 0 aliphatic rings. The molecule has 7 nitrogen and oxygen atoms in total. The molecule has 1 amide bonds. The summed E-state index contributed by atoms with van der Waals surface area (Å²) in [6.45, 7) is 2.21. The minimum Gasteiger partial charge on any atom is -0.298 e. The summed E-state index contributed by atoms with van der Waals surface area (Å²) < 4.78 is 26.7. The number of unbranched alkanes of at least 4 members (excludes halogenated alkanes) is 1. The fraction of sp³-hybridized carbons (Fsp3) is 0.261. The third-order valence-corrected chi connectivity index (χ3v) is 6.98. The normalized spacial score (nSPS) is 11.1.